The smallest absolute Gasteiger partial charge is 0.317 e. The third kappa shape index (κ3) is 2.68. The molecule has 3 saturated heterocycles. The van der Waals surface area contributed by atoms with Crippen LogP contribution in [-0.2, 0) is 9.53 Å². The molecule has 3 heterocycles. The molecule has 0 bridgehead atoms. The summed E-state index contributed by atoms with van der Waals surface area (Å²) in [5.74, 6) is 0.154. The summed E-state index contributed by atoms with van der Waals surface area (Å²) in [6.45, 7) is 3.63. The van der Waals surface area contributed by atoms with Gasteiger partial charge in [0.25, 0.3) is 0 Å². The maximum absolute atomic E-state index is 12.1. The topological polar surface area (TPSA) is 70.7 Å². The molecule has 0 aromatic rings. The zero-order chi connectivity index (χ0) is 13.3. The second kappa shape index (κ2) is 5.00. The largest absolute Gasteiger partial charge is 0.379 e. The number of carbonyl (C=O) groups is 2. The van der Waals surface area contributed by atoms with E-state index in [4.69, 9.17) is 4.74 Å². The Balaban J connectivity index is 1.49. The van der Waals surface area contributed by atoms with E-state index in [-0.39, 0.29) is 23.4 Å². The molecule has 6 heteroatoms. The van der Waals surface area contributed by atoms with Gasteiger partial charge in [-0.15, -0.1) is 0 Å². The molecule has 3 rings (SSSR count). The fourth-order valence-corrected chi connectivity index (χ4v) is 3.20. The van der Waals surface area contributed by atoms with Crippen LogP contribution in [-0.4, -0.2) is 55.7 Å². The first-order chi connectivity index (χ1) is 9.17. The zero-order valence-corrected chi connectivity index (χ0v) is 11.1. The summed E-state index contributed by atoms with van der Waals surface area (Å²) in [6, 6.07) is 0.181. The van der Waals surface area contributed by atoms with E-state index in [0.717, 1.165) is 45.5 Å². The van der Waals surface area contributed by atoms with E-state index < -0.39 is 0 Å². The number of hydrogen-bond acceptors (Lipinski definition) is 3. The molecule has 2 N–H and O–H groups in total. The minimum absolute atomic E-state index is 0.0163. The lowest BCUT2D eigenvalue weighted by Gasteiger charge is -2.38. The molecule has 106 valence electrons. The Morgan fingerprint density at radius 2 is 2.21 bits per heavy atom. The van der Waals surface area contributed by atoms with Gasteiger partial charge in [0.2, 0.25) is 5.91 Å². The van der Waals surface area contributed by atoms with Crippen molar-refractivity contribution in [2.75, 3.05) is 32.8 Å². The van der Waals surface area contributed by atoms with Crippen molar-refractivity contribution >= 4 is 11.9 Å². The maximum Gasteiger partial charge on any atom is 0.317 e. The SMILES string of the molecule is O=C1CC2(CCN(C(=O)NC3CCOC3)CC2)CN1. The molecule has 0 aromatic heterocycles. The van der Waals surface area contributed by atoms with Gasteiger partial charge in [0.1, 0.15) is 0 Å². The van der Waals surface area contributed by atoms with Crippen LogP contribution in [0.3, 0.4) is 0 Å². The molecule has 1 atom stereocenters. The average Bonchev–Trinajstić information content (AvgIpc) is 3.01. The fourth-order valence-electron chi connectivity index (χ4n) is 3.20. The van der Waals surface area contributed by atoms with Gasteiger partial charge in [0.15, 0.2) is 0 Å². The molecule has 3 fully saturated rings. The molecule has 3 aliphatic rings. The first-order valence-corrected chi connectivity index (χ1v) is 7.07. The highest BCUT2D eigenvalue weighted by atomic mass is 16.5. The predicted octanol–water partition coefficient (Wildman–Crippen LogP) is 0.0870. The van der Waals surface area contributed by atoms with Crippen LogP contribution < -0.4 is 10.6 Å². The number of piperidine rings is 1. The van der Waals surface area contributed by atoms with Crippen molar-refractivity contribution in [2.45, 2.75) is 31.7 Å². The van der Waals surface area contributed by atoms with Crippen LogP contribution in [0.15, 0.2) is 0 Å². The number of nitrogens with one attached hydrogen (secondary N) is 2. The number of urea groups is 1. The maximum atomic E-state index is 12.1. The Labute approximate surface area is 112 Å². The lowest BCUT2D eigenvalue weighted by atomic mass is 9.78. The van der Waals surface area contributed by atoms with Gasteiger partial charge in [-0.25, -0.2) is 4.79 Å². The summed E-state index contributed by atoms with van der Waals surface area (Å²) < 4.78 is 5.25. The highest BCUT2D eigenvalue weighted by molar-refractivity contribution is 5.79. The van der Waals surface area contributed by atoms with Crippen LogP contribution in [0.4, 0.5) is 4.79 Å². The molecule has 0 aliphatic carbocycles. The Bertz CT molecular complexity index is 371. The second-order valence-electron chi connectivity index (χ2n) is 5.95. The van der Waals surface area contributed by atoms with Gasteiger partial charge >= 0.3 is 6.03 Å². The summed E-state index contributed by atoms with van der Waals surface area (Å²) in [5, 5.41) is 5.92. The zero-order valence-electron chi connectivity index (χ0n) is 11.1. The molecule has 6 nitrogen and oxygen atoms in total. The van der Waals surface area contributed by atoms with Crippen LogP contribution in [0, 0.1) is 5.41 Å². The van der Waals surface area contributed by atoms with Crippen molar-refractivity contribution < 1.29 is 14.3 Å². The highest BCUT2D eigenvalue weighted by Crippen LogP contribution is 2.37. The van der Waals surface area contributed by atoms with Gasteiger partial charge in [-0.3, -0.25) is 4.79 Å². The van der Waals surface area contributed by atoms with Crippen molar-refractivity contribution in [3.05, 3.63) is 0 Å². The number of ether oxygens (including phenoxy) is 1. The highest BCUT2D eigenvalue weighted by Gasteiger charge is 2.41. The second-order valence-corrected chi connectivity index (χ2v) is 5.95. The van der Waals surface area contributed by atoms with Crippen LogP contribution >= 0.6 is 0 Å². The Kier molecular flexibility index (Phi) is 3.35. The van der Waals surface area contributed by atoms with Crippen molar-refractivity contribution in [3.63, 3.8) is 0 Å². The summed E-state index contributed by atoms with van der Waals surface area (Å²) in [7, 11) is 0. The Morgan fingerprint density at radius 3 is 2.79 bits per heavy atom. The van der Waals surface area contributed by atoms with E-state index in [1.807, 2.05) is 4.90 Å². The van der Waals surface area contributed by atoms with Crippen LogP contribution in [0.25, 0.3) is 0 Å². The monoisotopic (exact) mass is 267 g/mol. The quantitative estimate of drug-likeness (QED) is 0.707. The first-order valence-electron chi connectivity index (χ1n) is 7.07. The van der Waals surface area contributed by atoms with E-state index in [9.17, 15) is 9.59 Å². The third-order valence-corrected chi connectivity index (χ3v) is 4.56. The molecule has 3 amide bonds. The lowest BCUT2D eigenvalue weighted by molar-refractivity contribution is -0.119. The molecule has 0 saturated carbocycles. The minimum atomic E-state index is 0.0163. The number of hydrogen-bond donors (Lipinski definition) is 2. The molecule has 0 radical (unpaired) electrons. The van der Waals surface area contributed by atoms with Gasteiger partial charge < -0.3 is 20.3 Å². The van der Waals surface area contributed by atoms with E-state index in [1.165, 1.54) is 0 Å². The van der Waals surface area contributed by atoms with Gasteiger partial charge in [-0.2, -0.15) is 0 Å². The van der Waals surface area contributed by atoms with Gasteiger partial charge in [0, 0.05) is 32.7 Å². The van der Waals surface area contributed by atoms with Gasteiger partial charge in [-0.05, 0) is 24.7 Å². The van der Waals surface area contributed by atoms with Gasteiger partial charge in [-0.1, -0.05) is 0 Å². The first kappa shape index (κ1) is 12.7. The van der Waals surface area contributed by atoms with Crippen molar-refractivity contribution in [3.8, 4) is 0 Å². The minimum Gasteiger partial charge on any atom is -0.379 e. The van der Waals surface area contributed by atoms with E-state index in [2.05, 4.69) is 10.6 Å². The number of rotatable bonds is 1. The molecule has 1 spiro atoms. The van der Waals surface area contributed by atoms with Crippen LogP contribution in [0.5, 0.6) is 0 Å². The molecule has 0 aromatic carbocycles. The van der Waals surface area contributed by atoms with E-state index in [1.54, 1.807) is 0 Å². The summed E-state index contributed by atoms with van der Waals surface area (Å²) in [4.78, 5) is 25.3. The normalized spacial score (nSPS) is 29.6. The summed E-state index contributed by atoms with van der Waals surface area (Å²) >= 11 is 0. The number of nitrogens with zero attached hydrogens (tertiary/aromatic N) is 1. The van der Waals surface area contributed by atoms with Crippen LogP contribution in [0.1, 0.15) is 25.7 Å². The number of likely N-dealkylation sites (tertiary alicyclic amines) is 1. The molecule has 19 heavy (non-hydrogen) atoms. The van der Waals surface area contributed by atoms with Crippen LogP contribution in [0.2, 0.25) is 0 Å². The summed E-state index contributed by atoms with van der Waals surface area (Å²) in [5.41, 5.74) is 0.102. The van der Waals surface area contributed by atoms with Crippen molar-refractivity contribution in [1.82, 2.24) is 15.5 Å². The average molecular weight is 267 g/mol. The standard InChI is InChI=1S/C13H21N3O3/c17-11-7-13(9-14-11)2-4-16(5-3-13)12(18)15-10-1-6-19-8-10/h10H,1-9H2,(H,14,17)(H,15,18). The molecule has 3 aliphatic heterocycles. The van der Waals surface area contributed by atoms with E-state index >= 15 is 0 Å². The summed E-state index contributed by atoms with van der Waals surface area (Å²) in [6.07, 6.45) is 3.36. The van der Waals surface area contributed by atoms with Crippen molar-refractivity contribution in [1.29, 1.82) is 0 Å². The fraction of sp³-hybridized carbons (Fsp3) is 0.846. The number of amides is 3. The molecular weight excluding hydrogens is 246 g/mol. The molecule has 1 unspecified atom stereocenters. The molecular formula is C13H21N3O3. The predicted molar refractivity (Wildman–Crippen MR) is 68.6 cm³/mol. The van der Waals surface area contributed by atoms with Crippen molar-refractivity contribution in [2.24, 2.45) is 5.41 Å². The van der Waals surface area contributed by atoms with E-state index in [0.29, 0.717) is 13.0 Å². The third-order valence-electron chi connectivity index (χ3n) is 4.56. The lowest BCUT2D eigenvalue weighted by Crippen LogP contribution is -2.50. The Hall–Kier alpha value is -1.30. The van der Waals surface area contributed by atoms with Gasteiger partial charge in [0.05, 0.1) is 12.6 Å². The Morgan fingerprint density at radius 1 is 1.42 bits per heavy atom. The number of carbonyl (C=O) groups excluding carboxylic acids is 2.